The van der Waals surface area contributed by atoms with Crippen LogP contribution in [0, 0.1) is 0 Å². The van der Waals surface area contributed by atoms with E-state index in [1.165, 1.54) is 15.9 Å². The minimum atomic E-state index is -0.147. The van der Waals surface area contributed by atoms with Crippen molar-refractivity contribution in [2.75, 3.05) is 0 Å². The highest BCUT2D eigenvalue weighted by atomic mass is 32.2. The van der Waals surface area contributed by atoms with Gasteiger partial charge in [-0.15, -0.1) is 0 Å². The molecule has 0 aliphatic carbocycles. The fourth-order valence-electron chi connectivity index (χ4n) is 1.49. The summed E-state index contributed by atoms with van der Waals surface area (Å²) in [6, 6.07) is 9.46. The van der Waals surface area contributed by atoms with Gasteiger partial charge in [0.2, 0.25) is 5.88 Å². The van der Waals surface area contributed by atoms with Crippen LogP contribution in [-0.4, -0.2) is 13.8 Å². The van der Waals surface area contributed by atoms with Crippen molar-refractivity contribution in [1.29, 1.82) is 0 Å². The lowest BCUT2D eigenvalue weighted by molar-refractivity contribution is 0.451. The molecule has 2 aromatic rings. The predicted octanol–water partition coefficient (Wildman–Crippen LogP) is 3.58. The Morgan fingerprint density at radius 2 is 1.83 bits per heavy atom. The van der Waals surface area contributed by atoms with Crippen LogP contribution in [0.15, 0.2) is 35.1 Å². The topological polar surface area (TPSA) is 42.2 Å². The zero-order valence-electron chi connectivity index (χ0n) is 10.5. The Balaban J connectivity index is 2.48. The SMILES string of the molecule is CC(C)(C)Sn1c(O)c(-c2ccccc2)sc1=O. The summed E-state index contributed by atoms with van der Waals surface area (Å²) in [7, 11) is 0. The number of aromatic nitrogens is 1. The highest BCUT2D eigenvalue weighted by Crippen LogP contribution is 2.37. The van der Waals surface area contributed by atoms with Crippen LogP contribution in [0.1, 0.15) is 20.8 Å². The molecule has 0 saturated carbocycles. The molecular weight excluding hydrogens is 266 g/mol. The summed E-state index contributed by atoms with van der Waals surface area (Å²) in [4.78, 5) is 12.4. The molecule has 0 unspecified atom stereocenters. The molecule has 5 heteroatoms. The number of thiazole rings is 1. The van der Waals surface area contributed by atoms with Crippen molar-refractivity contribution in [3.8, 4) is 16.3 Å². The molecule has 0 atom stereocenters. The Hall–Kier alpha value is -1.20. The van der Waals surface area contributed by atoms with E-state index >= 15 is 0 Å². The summed E-state index contributed by atoms with van der Waals surface area (Å²) in [6.07, 6.45) is 0. The van der Waals surface area contributed by atoms with Crippen LogP contribution in [0.2, 0.25) is 0 Å². The lowest BCUT2D eigenvalue weighted by Gasteiger charge is -2.17. The van der Waals surface area contributed by atoms with E-state index in [-0.39, 0.29) is 15.5 Å². The molecule has 0 bridgehead atoms. The molecule has 1 aromatic heterocycles. The smallest absolute Gasteiger partial charge is 0.320 e. The van der Waals surface area contributed by atoms with Gasteiger partial charge in [-0.3, -0.25) is 4.79 Å². The van der Waals surface area contributed by atoms with E-state index in [0.717, 1.165) is 16.9 Å². The molecule has 0 spiro atoms. The number of rotatable bonds is 2. The molecular formula is C13H15NO2S2. The van der Waals surface area contributed by atoms with Gasteiger partial charge in [0.25, 0.3) is 0 Å². The van der Waals surface area contributed by atoms with E-state index in [4.69, 9.17) is 0 Å². The minimum Gasteiger partial charge on any atom is -0.493 e. The monoisotopic (exact) mass is 281 g/mol. The van der Waals surface area contributed by atoms with Crippen molar-refractivity contribution >= 4 is 23.3 Å². The molecule has 18 heavy (non-hydrogen) atoms. The third kappa shape index (κ3) is 2.79. The second kappa shape index (κ2) is 4.82. The van der Waals surface area contributed by atoms with Crippen LogP contribution >= 0.6 is 23.3 Å². The Kier molecular flexibility index (Phi) is 3.54. The molecule has 0 radical (unpaired) electrons. The largest absolute Gasteiger partial charge is 0.493 e. The van der Waals surface area contributed by atoms with Gasteiger partial charge < -0.3 is 5.11 Å². The van der Waals surface area contributed by atoms with Crippen LogP contribution in [0.4, 0.5) is 0 Å². The van der Waals surface area contributed by atoms with E-state index in [0.29, 0.717) is 4.88 Å². The molecule has 0 aliphatic rings. The van der Waals surface area contributed by atoms with Crippen molar-refractivity contribution in [2.45, 2.75) is 25.5 Å². The Labute approximate surface area is 114 Å². The van der Waals surface area contributed by atoms with Gasteiger partial charge in [-0.2, -0.15) is 0 Å². The van der Waals surface area contributed by atoms with Gasteiger partial charge in [0.15, 0.2) is 0 Å². The Bertz CT molecular complexity index is 594. The fourth-order valence-corrected chi connectivity index (χ4v) is 3.35. The second-order valence-corrected chi connectivity index (χ2v) is 7.62. The first-order chi connectivity index (χ1) is 8.38. The van der Waals surface area contributed by atoms with Crippen molar-refractivity contribution in [3.63, 3.8) is 0 Å². The third-order valence-electron chi connectivity index (χ3n) is 2.15. The first-order valence-corrected chi connectivity index (χ1v) is 7.17. The van der Waals surface area contributed by atoms with Gasteiger partial charge in [-0.25, -0.2) is 3.97 Å². The predicted molar refractivity (Wildman–Crippen MR) is 78.4 cm³/mol. The van der Waals surface area contributed by atoms with E-state index in [9.17, 15) is 9.90 Å². The number of aromatic hydroxyl groups is 1. The first-order valence-electron chi connectivity index (χ1n) is 5.58. The fraction of sp³-hybridized carbons (Fsp3) is 0.308. The summed E-state index contributed by atoms with van der Waals surface area (Å²) in [5, 5.41) is 10.2. The van der Waals surface area contributed by atoms with Crippen LogP contribution < -0.4 is 4.87 Å². The van der Waals surface area contributed by atoms with Crippen LogP contribution in [0.5, 0.6) is 5.88 Å². The summed E-state index contributed by atoms with van der Waals surface area (Å²) < 4.78 is 1.24. The van der Waals surface area contributed by atoms with Gasteiger partial charge in [0, 0.05) is 4.75 Å². The molecule has 0 saturated heterocycles. The first kappa shape index (κ1) is 13.2. The molecule has 0 fully saturated rings. The molecule has 2 rings (SSSR count). The summed E-state index contributed by atoms with van der Waals surface area (Å²) in [5.74, 6) is 0.0381. The van der Waals surface area contributed by atoms with Crippen molar-refractivity contribution in [2.24, 2.45) is 0 Å². The maximum absolute atomic E-state index is 11.9. The molecule has 1 heterocycles. The van der Waals surface area contributed by atoms with Gasteiger partial charge in [0.05, 0.1) is 0 Å². The normalized spacial score (nSPS) is 11.7. The van der Waals surface area contributed by atoms with Crippen LogP contribution in [0.25, 0.3) is 10.4 Å². The standard InChI is InChI=1S/C13H15NO2S2/c1-13(2,3)18-14-11(15)10(17-12(14)16)9-7-5-4-6-8-9/h4-8,15H,1-3H3. The highest BCUT2D eigenvalue weighted by molar-refractivity contribution is 7.99. The van der Waals surface area contributed by atoms with E-state index in [2.05, 4.69) is 0 Å². The van der Waals surface area contributed by atoms with Crippen molar-refractivity contribution < 1.29 is 5.11 Å². The molecule has 96 valence electrons. The van der Waals surface area contributed by atoms with E-state index in [1.807, 2.05) is 51.1 Å². The molecule has 0 aliphatic heterocycles. The summed E-state index contributed by atoms with van der Waals surface area (Å²) in [6.45, 7) is 6.01. The Morgan fingerprint density at radius 3 is 2.39 bits per heavy atom. The molecule has 0 amide bonds. The number of nitrogens with zero attached hydrogens (tertiary/aromatic N) is 1. The Morgan fingerprint density at radius 1 is 1.22 bits per heavy atom. The maximum Gasteiger partial charge on any atom is 0.320 e. The van der Waals surface area contributed by atoms with E-state index in [1.54, 1.807) is 0 Å². The van der Waals surface area contributed by atoms with Gasteiger partial charge in [-0.05, 0) is 38.3 Å². The average molecular weight is 281 g/mol. The van der Waals surface area contributed by atoms with Crippen LogP contribution in [0.3, 0.4) is 0 Å². The van der Waals surface area contributed by atoms with Gasteiger partial charge in [-0.1, -0.05) is 41.7 Å². The number of hydrogen-bond donors (Lipinski definition) is 1. The lowest BCUT2D eigenvalue weighted by Crippen LogP contribution is -2.16. The molecule has 1 aromatic carbocycles. The quantitative estimate of drug-likeness (QED) is 0.915. The summed E-state index contributed by atoms with van der Waals surface area (Å²) >= 11 is 2.41. The summed E-state index contributed by atoms with van der Waals surface area (Å²) in [5.41, 5.74) is 0.866. The van der Waals surface area contributed by atoms with Crippen molar-refractivity contribution in [1.82, 2.24) is 3.97 Å². The average Bonchev–Trinajstić information content (AvgIpc) is 2.56. The maximum atomic E-state index is 11.9. The number of hydrogen-bond acceptors (Lipinski definition) is 4. The number of benzene rings is 1. The highest BCUT2D eigenvalue weighted by Gasteiger charge is 2.21. The second-order valence-electron chi connectivity index (χ2n) is 4.88. The van der Waals surface area contributed by atoms with Gasteiger partial charge >= 0.3 is 4.87 Å². The lowest BCUT2D eigenvalue weighted by atomic mass is 10.2. The van der Waals surface area contributed by atoms with Gasteiger partial charge in [0.1, 0.15) is 4.88 Å². The molecule has 1 N–H and O–H groups in total. The van der Waals surface area contributed by atoms with Crippen molar-refractivity contribution in [3.05, 3.63) is 40.0 Å². The zero-order valence-corrected chi connectivity index (χ0v) is 12.1. The minimum absolute atomic E-state index is 0.0381. The van der Waals surface area contributed by atoms with E-state index < -0.39 is 0 Å². The third-order valence-corrected chi connectivity index (χ3v) is 4.32. The van der Waals surface area contributed by atoms with Crippen LogP contribution in [-0.2, 0) is 0 Å². The molecule has 3 nitrogen and oxygen atoms in total. The zero-order chi connectivity index (χ0) is 13.3.